The summed E-state index contributed by atoms with van der Waals surface area (Å²) in [5, 5.41) is 7.27. The summed E-state index contributed by atoms with van der Waals surface area (Å²) >= 11 is 0. The number of amides is 2. The van der Waals surface area contributed by atoms with E-state index in [9.17, 15) is 9.18 Å². The third-order valence-corrected chi connectivity index (χ3v) is 6.54. The average molecular weight is 483 g/mol. The van der Waals surface area contributed by atoms with Gasteiger partial charge in [-0.25, -0.2) is 9.18 Å². The van der Waals surface area contributed by atoms with Crippen molar-refractivity contribution in [3.63, 3.8) is 0 Å². The van der Waals surface area contributed by atoms with Gasteiger partial charge in [-0.15, -0.1) is 0 Å². The molecule has 0 fully saturated rings. The molecule has 1 aliphatic rings. The second-order valence-corrected chi connectivity index (χ2v) is 8.98. The molecule has 4 aromatic rings. The van der Waals surface area contributed by atoms with Gasteiger partial charge in [0.05, 0.1) is 18.2 Å². The van der Waals surface area contributed by atoms with Gasteiger partial charge in [-0.3, -0.25) is 4.90 Å². The van der Waals surface area contributed by atoms with Crippen LogP contribution in [0.1, 0.15) is 48.0 Å². The van der Waals surface area contributed by atoms with Crippen LogP contribution in [0.15, 0.2) is 83.0 Å². The lowest BCUT2D eigenvalue weighted by Gasteiger charge is -2.35. The minimum Gasteiger partial charge on any atom is -0.334 e. The first-order chi connectivity index (χ1) is 17.4. The summed E-state index contributed by atoms with van der Waals surface area (Å²) in [5.74, 6) is 0.327. The molecule has 0 aliphatic carbocycles. The number of urea groups is 1. The van der Waals surface area contributed by atoms with Crippen LogP contribution in [0.25, 0.3) is 17.0 Å². The minimum atomic E-state index is -0.460. The molecule has 0 spiro atoms. The van der Waals surface area contributed by atoms with E-state index in [1.54, 1.807) is 17.0 Å². The van der Waals surface area contributed by atoms with Crippen LogP contribution < -0.4 is 5.32 Å². The molecule has 0 saturated carbocycles. The molecule has 182 valence electrons. The number of aryl methyl sites for hydroxylation is 2. The van der Waals surface area contributed by atoms with Crippen molar-refractivity contribution in [1.82, 2.24) is 20.4 Å². The molecular weight excluding hydrogens is 455 g/mol. The van der Waals surface area contributed by atoms with Crippen LogP contribution in [-0.2, 0) is 13.0 Å². The van der Waals surface area contributed by atoms with Crippen molar-refractivity contribution in [2.24, 2.45) is 0 Å². The van der Waals surface area contributed by atoms with E-state index in [1.165, 1.54) is 17.7 Å². The minimum absolute atomic E-state index is 0.195. The number of carbonyl (C=O) groups is 1. The monoisotopic (exact) mass is 482 g/mol. The second kappa shape index (κ2) is 9.77. The molecule has 1 unspecified atom stereocenters. The lowest BCUT2D eigenvalue weighted by molar-refractivity contribution is 0.203. The van der Waals surface area contributed by atoms with E-state index in [1.807, 2.05) is 50.2 Å². The number of nitrogens with one attached hydrogen (secondary N) is 1. The van der Waals surface area contributed by atoms with Gasteiger partial charge in [0.15, 0.2) is 0 Å². The first-order valence-corrected chi connectivity index (χ1v) is 12.0. The smallest absolute Gasteiger partial charge is 0.322 e. The molecule has 2 amide bonds. The van der Waals surface area contributed by atoms with Crippen molar-refractivity contribution >= 4 is 11.6 Å². The Kier molecular flexibility index (Phi) is 6.38. The highest BCUT2D eigenvalue weighted by Crippen LogP contribution is 2.38. The normalized spacial score (nSPS) is 15.8. The van der Waals surface area contributed by atoms with E-state index < -0.39 is 6.04 Å². The van der Waals surface area contributed by atoms with Gasteiger partial charge in [-0.1, -0.05) is 66.2 Å². The quantitative estimate of drug-likeness (QED) is 0.343. The zero-order valence-corrected chi connectivity index (χ0v) is 20.5. The number of halogens is 1. The van der Waals surface area contributed by atoms with E-state index in [-0.39, 0.29) is 11.8 Å². The van der Waals surface area contributed by atoms with Gasteiger partial charge >= 0.3 is 6.03 Å². The number of aromatic nitrogens is 2. The molecule has 1 N–H and O–H groups in total. The molecule has 1 atom stereocenters. The van der Waals surface area contributed by atoms with Gasteiger partial charge in [-0.2, -0.15) is 4.98 Å². The fraction of sp³-hybridized carbons (Fsp3) is 0.207. The van der Waals surface area contributed by atoms with Crippen LogP contribution in [0.5, 0.6) is 0 Å². The summed E-state index contributed by atoms with van der Waals surface area (Å²) in [4.78, 5) is 19.6. The summed E-state index contributed by atoms with van der Waals surface area (Å²) in [5.41, 5.74) is 6.40. The third-order valence-electron chi connectivity index (χ3n) is 6.54. The Balaban J connectivity index is 1.57. The van der Waals surface area contributed by atoms with Crippen molar-refractivity contribution in [1.29, 1.82) is 0 Å². The van der Waals surface area contributed by atoms with Crippen LogP contribution in [0.3, 0.4) is 0 Å². The molecule has 1 aromatic heterocycles. The van der Waals surface area contributed by atoms with Crippen LogP contribution in [0.4, 0.5) is 9.18 Å². The van der Waals surface area contributed by atoms with E-state index in [0.717, 1.165) is 34.4 Å². The first-order valence-electron chi connectivity index (χ1n) is 12.0. The topological polar surface area (TPSA) is 71.3 Å². The number of benzene rings is 3. The highest BCUT2D eigenvalue weighted by atomic mass is 19.1. The van der Waals surface area contributed by atoms with E-state index in [4.69, 9.17) is 4.52 Å². The zero-order valence-electron chi connectivity index (χ0n) is 20.5. The van der Waals surface area contributed by atoms with Crippen molar-refractivity contribution < 1.29 is 13.7 Å². The molecule has 0 bridgehead atoms. The largest absolute Gasteiger partial charge is 0.334 e. The van der Waals surface area contributed by atoms with E-state index in [2.05, 4.69) is 34.5 Å². The van der Waals surface area contributed by atoms with Crippen LogP contribution in [0.2, 0.25) is 0 Å². The zero-order chi connectivity index (χ0) is 25.2. The number of allylic oxidation sites excluding steroid dienone is 1. The Morgan fingerprint density at radius 2 is 1.61 bits per heavy atom. The van der Waals surface area contributed by atoms with Gasteiger partial charge in [0.2, 0.25) is 5.82 Å². The fourth-order valence-electron chi connectivity index (χ4n) is 4.37. The Hall–Kier alpha value is -4.26. The Labute approximate surface area is 209 Å². The SMILES string of the molecule is CCc1ccc(CN2C(=O)NC(c3ccc(C)cc3)C(c3nc(-c4ccc(F)cc4)no3)=C2C)cc1. The van der Waals surface area contributed by atoms with Crippen molar-refractivity contribution in [2.45, 2.75) is 39.8 Å². The maximum Gasteiger partial charge on any atom is 0.322 e. The Morgan fingerprint density at radius 1 is 0.944 bits per heavy atom. The molecule has 3 aromatic carbocycles. The molecular formula is C29H27FN4O2. The van der Waals surface area contributed by atoms with E-state index >= 15 is 0 Å². The predicted octanol–water partition coefficient (Wildman–Crippen LogP) is 6.44. The number of hydrogen-bond acceptors (Lipinski definition) is 4. The molecule has 2 heterocycles. The van der Waals surface area contributed by atoms with Gasteiger partial charge in [-0.05, 0) is 61.2 Å². The maximum atomic E-state index is 13.4. The molecule has 36 heavy (non-hydrogen) atoms. The molecule has 0 radical (unpaired) electrons. The fourth-order valence-corrected chi connectivity index (χ4v) is 4.37. The Morgan fingerprint density at radius 3 is 2.28 bits per heavy atom. The molecule has 0 saturated heterocycles. The van der Waals surface area contributed by atoms with Gasteiger partial charge in [0.25, 0.3) is 5.89 Å². The average Bonchev–Trinajstić information content (AvgIpc) is 3.37. The van der Waals surface area contributed by atoms with Crippen LogP contribution in [-0.4, -0.2) is 21.1 Å². The highest BCUT2D eigenvalue weighted by molar-refractivity contribution is 5.86. The lowest BCUT2D eigenvalue weighted by Crippen LogP contribution is -2.45. The predicted molar refractivity (Wildman–Crippen MR) is 136 cm³/mol. The van der Waals surface area contributed by atoms with Crippen molar-refractivity contribution in [2.75, 3.05) is 0 Å². The molecule has 1 aliphatic heterocycles. The summed E-state index contributed by atoms with van der Waals surface area (Å²) in [6.07, 6.45) is 0.958. The summed E-state index contributed by atoms with van der Waals surface area (Å²) in [6.45, 7) is 6.44. The number of carbonyl (C=O) groups excluding carboxylic acids is 1. The summed E-state index contributed by atoms with van der Waals surface area (Å²) in [6, 6.07) is 21.5. The Bertz CT molecular complexity index is 1410. The molecule has 7 heteroatoms. The maximum absolute atomic E-state index is 13.4. The number of nitrogens with zero attached hydrogens (tertiary/aromatic N) is 3. The van der Waals surface area contributed by atoms with Gasteiger partial charge < -0.3 is 9.84 Å². The summed E-state index contributed by atoms with van der Waals surface area (Å²) < 4.78 is 19.1. The van der Waals surface area contributed by atoms with Gasteiger partial charge in [0, 0.05) is 11.3 Å². The molecule has 5 rings (SSSR count). The summed E-state index contributed by atoms with van der Waals surface area (Å²) in [7, 11) is 0. The third kappa shape index (κ3) is 4.64. The first kappa shape index (κ1) is 23.5. The van der Waals surface area contributed by atoms with Crippen molar-refractivity contribution in [3.05, 3.63) is 112 Å². The standard InChI is InChI=1S/C29H27FN4O2/c1-4-20-7-9-21(10-8-20)17-34-19(3)25(26(31-29(34)35)22-11-5-18(2)6-12-22)28-32-27(33-36-28)23-13-15-24(30)16-14-23/h5-16,26H,4,17H2,1-3H3,(H,31,35). The van der Waals surface area contributed by atoms with E-state index in [0.29, 0.717) is 23.8 Å². The van der Waals surface area contributed by atoms with Crippen LogP contribution in [0, 0.1) is 12.7 Å². The lowest BCUT2D eigenvalue weighted by atomic mass is 9.94. The van der Waals surface area contributed by atoms with Crippen molar-refractivity contribution in [3.8, 4) is 11.4 Å². The second-order valence-electron chi connectivity index (χ2n) is 8.98. The highest BCUT2D eigenvalue weighted by Gasteiger charge is 2.35. The van der Waals surface area contributed by atoms with Crippen LogP contribution >= 0.6 is 0 Å². The number of rotatable bonds is 6. The number of hydrogen-bond donors (Lipinski definition) is 1. The molecule has 6 nitrogen and oxygen atoms in total. The van der Waals surface area contributed by atoms with Gasteiger partial charge in [0.1, 0.15) is 5.82 Å².